The minimum Gasteiger partial charge on any atom is -0.396 e. The van der Waals surface area contributed by atoms with Gasteiger partial charge in [-0.1, -0.05) is 20.8 Å². The Morgan fingerprint density at radius 1 is 1.43 bits per heavy atom. The number of aliphatic hydroxyl groups is 1. The van der Waals surface area contributed by atoms with E-state index in [-0.39, 0.29) is 0 Å². The van der Waals surface area contributed by atoms with Crippen molar-refractivity contribution in [1.29, 1.82) is 0 Å². The highest BCUT2D eigenvalue weighted by Crippen LogP contribution is 2.60. The summed E-state index contributed by atoms with van der Waals surface area (Å²) in [5.41, 5.74) is 0.864. The van der Waals surface area contributed by atoms with E-state index in [1.165, 1.54) is 25.9 Å². The van der Waals surface area contributed by atoms with E-state index >= 15 is 0 Å². The predicted octanol–water partition coefficient (Wildman–Crippen LogP) is 1.64. The molecule has 0 amide bonds. The van der Waals surface area contributed by atoms with Crippen molar-refractivity contribution in [3.63, 3.8) is 0 Å². The maximum atomic E-state index is 9.34. The van der Waals surface area contributed by atoms with E-state index < -0.39 is 0 Å². The number of hydrogen-bond donors (Lipinski definition) is 2. The quantitative estimate of drug-likeness (QED) is 0.670. The van der Waals surface area contributed by atoms with Crippen molar-refractivity contribution in [1.82, 2.24) is 5.32 Å². The SMILES string of the molecule is CC(C)(C)C1C(CO)CC12CCNC2. The van der Waals surface area contributed by atoms with E-state index in [4.69, 9.17) is 0 Å². The van der Waals surface area contributed by atoms with Crippen LogP contribution in [-0.4, -0.2) is 24.8 Å². The Labute approximate surface area is 87.1 Å². The van der Waals surface area contributed by atoms with Gasteiger partial charge in [0.05, 0.1) is 0 Å². The van der Waals surface area contributed by atoms with Crippen LogP contribution in [0.3, 0.4) is 0 Å². The topological polar surface area (TPSA) is 32.3 Å². The highest BCUT2D eigenvalue weighted by molar-refractivity contribution is 5.08. The number of aliphatic hydroxyl groups excluding tert-OH is 1. The maximum Gasteiger partial charge on any atom is 0.0462 e. The molecular formula is C12H23NO. The van der Waals surface area contributed by atoms with Gasteiger partial charge in [-0.15, -0.1) is 0 Å². The van der Waals surface area contributed by atoms with Gasteiger partial charge in [0.1, 0.15) is 0 Å². The van der Waals surface area contributed by atoms with Crippen molar-refractivity contribution in [3.8, 4) is 0 Å². The lowest BCUT2D eigenvalue weighted by Crippen LogP contribution is -2.56. The molecule has 3 unspecified atom stereocenters. The molecule has 14 heavy (non-hydrogen) atoms. The van der Waals surface area contributed by atoms with Gasteiger partial charge < -0.3 is 10.4 Å². The smallest absolute Gasteiger partial charge is 0.0462 e. The van der Waals surface area contributed by atoms with Gasteiger partial charge in [-0.3, -0.25) is 0 Å². The molecule has 1 heterocycles. The van der Waals surface area contributed by atoms with Crippen molar-refractivity contribution in [2.24, 2.45) is 22.7 Å². The molecular weight excluding hydrogens is 174 g/mol. The minimum atomic E-state index is 0.345. The van der Waals surface area contributed by atoms with E-state index in [1.807, 2.05) is 0 Å². The van der Waals surface area contributed by atoms with Crippen LogP contribution in [0.2, 0.25) is 0 Å². The summed E-state index contributed by atoms with van der Waals surface area (Å²) in [4.78, 5) is 0. The second-order valence-corrected chi connectivity index (χ2v) is 6.28. The van der Waals surface area contributed by atoms with Gasteiger partial charge in [0.2, 0.25) is 0 Å². The molecule has 0 aromatic rings. The average Bonchev–Trinajstić information content (AvgIpc) is 2.46. The fourth-order valence-electron chi connectivity index (χ4n) is 4.10. The van der Waals surface area contributed by atoms with Crippen LogP contribution in [0.4, 0.5) is 0 Å². The Hall–Kier alpha value is -0.0800. The zero-order valence-corrected chi connectivity index (χ0v) is 9.64. The molecule has 2 nitrogen and oxygen atoms in total. The van der Waals surface area contributed by atoms with Crippen LogP contribution in [0.25, 0.3) is 0 Å². The zero-order chi connectivity index (χ0) is 10.4. The van der Waals surface area contributed by atoms with Crippen LogP contribution in [0.15, 0.2) is 0 Å². The van der Waals surface area contributed by atoms with Crippen LogP contribution >= 0.6 is 0 Å². The molecule has 0 aromatic heterocycles. The molecule has 2 heteroatoms. The second-order valence-electron chi connectivity index (χ2n) is 6.28. The third-order valence-electron chi connectivity index (χ3n) is 4.24. The molecule has 0 bridgehead atoms. The number of hydrogen-bond acceptors (Lipinski definition) is 2. The molecule has 0 radical (unpaired) electrons. The summed E-state index contributed by atoms with van der Waals surface area (Å²) in [6.45, 7) is 9.68. The van der Waals surface area contributed by atoms with Gasteiger partial charge in [0, 0.05) is 13.2 Å². The maximum absolute atomic E-state index is 9.34. The molecule has 2 N–H and O–H groups in total. The molecule has 1 spiro atoms. The van der Waals surface area contributed by atoms with E-state index in [1.54, 1.807) is 0 Å². The van der Waals surface area contributed by atoms with E-state index in [0.717, 1.165) is 0 Å². The first-order valence-electron chi connectivity index (χ1n) is 5.81. The summed E-state index contributed by atoms with van der Waals surface area (Å²) in [7, 11) is 0. The first-order chi connectivity index (χ1) is 6.49. The normalized spacial score (nSPS) is 42.9. The van der Waals surface area contributed by atoms with Crippen molar-refractivity contribution >= 4 is 0 Å². The second kappa shape index (κ2) is 3.21. The van der Waals surface area contributed by atoms with E-state index in [0.29, 0.717) is 29.3 Å². The molecule has 2 rings (SSSR count). The lowest BCUT2D eigenvalue weighted by Gasteiger charge is -2.58. The minimum absolute atomic E-state index is 0.345. The zero-order valence-electron chi connectivity index (χ0n) is 9.64. The fraction of sp³-hybridized carbons (Fsp3) is 1.00. The fourth-order valence-corrected chi connectivity index (χ4v) is 4.10. The molecule has 2 aliphatic rings. The molecule has 1 saturated carbocycles. The van der Waals surface area contributed by atoms with Gasteiger partial charge in [-0.2, -0.15) is 0 Å². The van der Waals surface area contributed by atoms with Crippen LogP contribution in [-0.2, 0) is 0 Å². The monoisotopic (exact) mass is 197 g/mol. The van der Waals surface area contributed by atoms with Crippen molar-refractivity contribution in [2.45, 2.75) is 33.6 Å². The largest absolute Gasteiger partial charge is 0.396 e. The summed E-state index contributed by atoms with van der Waals surface area (Å²) >= 11 is 0. The summed E-state index contributed by atoms with van der Waals surface area (Å²) in [5.74, 6) is 1.25. The Kier molecular flexibility index (Phi) is 2.39. The van der Waals surface area contributed by atoms with Gasteiger partial charge in [0.25, 0.3) is 0 Å². The molecule has 1 aliphatic carbocycles. The third-order valence-corrected chi connectivity index (χ3v) is 4.24. The number of rotatable bonds is 1. The molecule has 0 aromatic carbocycles. The molecule has 1 aliphatic heterocycles. The first-order valence-corrected chi connectivity index (χ1v) is 5.81. The Morgan fingerprint density at radius 2 is 2.14 bits per heavy atom. The van der Waals surface area contributed by atoms with Gasteiger partial charge in [-0.25, -0.2) is 0 Å². The van der Waals surface area contributed by atoms with Crippen LogP contribution in [0, 0.1) is 22.7 Å². The van der Waals surface area contributed by atoms with Crippen molar-refractivity contribution in [2.75, 3.05) is 19.7 Å². The highest BCUT2D eigenvalue weighted by Gasteiger charge is 2.58. The Balaban J connectivity index is 2.15. The molecule has 2 fully saturated rings. The average molecular weight is 197 g/mol. The summed E-state index contributed by atoms with van der Waals surface area (Å²) in [6.07, 6.45) is 2.55. The third kappa shape index (κ3) is 1.40. The lowest BCUT2D eigenvalue weighted by atomic mass is 9.46. The Bertz CT molecular complexity index is 213. The van der Waals surface area contributed by atoms with Gasteiger partial charge >= 0.3 is 0 Å². The first kappa shape index (κ1) is 10.4. The Morgan fingerprint density at radius 3 is 2.57 bits per heavy atom. The summed E-state index contributed by atoms with van der Waals surface area (Å²) in [5, 5.41) is 12.8. The van der Waals surface area contributed by atoms with E-state index in [2.05, 4.69) is 26.1 Å². The van der Waals surface area contributed by atoms with Crippen LogP contribution < -0.4 is 5.32 Å². The highest BCUT2D eigenvalue weighted by atomic mass is 16.3. The lowest BCUT2D eigenvalue weighted by molar-refractivity contribution is -0.113. The predicted molar refractivity (Wildman–Crippen MR) is 58.1 cm³/mol. The summed E-state index contributed by atoms with van der Waals surface area (Å²) < 4.78 is 0. The number of nitrogens with one attached hydrogen (secondary N) is 1. The molecule has 82 valence electrons. The van der Waals surface area contributed by atoms with Crippen molar-refractivity contribution in [3.05, 3.63) is 0 Å². The van der Waals surface area contributed by atoms with Gasteiger partial charge in [-0.05, 0) is 42.1 Å². The summed E-state index contributed by atoms with van der Waals surface area (Å²) in [6, 6.07) is 0. The molecule has 1 saturated heterocycles. The van der Waals surface area contributed by atoms with Crippen LogP contribution in [0.1, 0.15) is 33.6 Å². The van der Waals surface area contributed by atoms with E-state index in [9.17, 15) is 5.11 Å². The van der Waals surface area contributed by atoms with Crippen LogP contribution in [0.5, 0.6) is 0 Å². The standard InChI is InChI=1S/C12H23NO/c1-11(2,3)10-9(7-14)6-12(10)4-5-13-8-12/h9-10,13-14H,4-8H2,1-3H3. The molecule has 3 atom stereocenters. The van der Waals surface area contributed by atoms with Crippen molar-refractivity contribution < 1.29 is 5.11 Å². The van der Waals surface area contributed by atoms with Gasteiger partial charge in [0.15, 0.2) is 0 Å².